The summed E-state index contributed by atoms with van der Waals surface area (Å²) in [6.07, 6.45) is 2.86. The van der Waals surface area contributed by atoms with Crippen LogP contribution in [-0.2, 0) is 0 Å². The molecule has 0 radical (unpaired) electrons. The minimum Gasteiger partial charge on any atom is -0.477 e. The molecule has 0 aliphatic carbocycles. The quantitative estimate of drug-likeness (QED) is 0.644. The van der Waals surface area contributed by atoms with E-state index in [0.29, 0.717) is 10.6 Å². The van der Waals surface area contributed by atoms with Crippen LogP contribution in [0.4, 0.5) is 0 Å². The second-order valence-electron chi connectivity index (χ2n) is 2.56. The standard InChI is InChI=1S/C7H6N4O2S/c12-6(13)4-3-8-7(14)11(4)5-1-2-9-10-5/h1-3H,(H,8,14)(H,9,10)(H,12,13). The van der Waals surface area contributed by atoms with Gasteiger partial charge in [-0.15, -0.1) is 0 Å². The van der Waals surface area contributed by atoms with E-state index in [-0.39, 0.29) is 5.69 Å². The van der Waals surface area contributed by atoms with Crippen molar-refractivity contribution in [2.24, 2.45) is 0 Å². The first-order valence-electron chi connectivity index (χ1n) is 3.73. The highest BCUT2D eigenvalue weighted by Gasteiger charge is 2.12. The van der Waals surface area contributed by atoms with Crippen LogP contribution in [0.3, 0.4) is 0 Å². The molecule has 2 rings (SSSR count). The van der Waals surface area contributed by atoms with Gasteiger partial charge in [0.05, 0.1) is 6.20 Å². The number of aromatic carboxylic acids is 1. The molecule has 0 fully saturated rings. The summed E-state index contributed by atoms with van der Waals surface area (Å²) in [4.78, 5) is 13.5. The maximum Gasteiger partial charge on any atom is 0.354 e. The van der Waals surface area contributed by atoms with E-state index in [2.05, 4.69) is 15.2 Å². The molecule has 0 saturated heterocycles. The van der Waals surface area contributed by atoms with Crippen LogP contribution in [0.2, 0.25) is 0 Å². The van der Waals surface area contributed by atoms with E-state index in [0.717, 1.165) is 0 Å². The largest absolute Gasteiger partial charge is 0.477 e. The number of hydrogen-bond donors (Lipinski definition) is 3. The van der Waals surface area contributed by atoms with Crippen molar-refractivity contribution >= 4 is 18.2 Å². The average molecular weight is 210 g/mol. The van der Waals surface area contributed by atoms with Gasteiger partial charge in [0.1, 0.15) is 5.82 Å². The maximum atomic E-state index is 10.8. The Morgan fingerprint density at radius 2 is 2.43 bits per heavy atom. The molecule has 2 aromatic rings. The molecule has 0 bridgehead atoms. The van der Waals surface area contributed by atoms with Crippen LogP contribution in [-0.4, -0.2) is 30.8 Å². The van der Waals surface area contributed by atoms with E-state index in [1.54, 1.807) is 6.07 Å². The van der Waals surface area contributed by atoms with Gasteiger partial charge in [-0.05, 0) is 12.2 Å². The Labute approximate surface area is 83.2 Å². The summed E-state index contributed by atoms with van der Waals surface area (Å²) >= 11 is 4.94. The molecular weight excluding hydrogens is 204 g/mol. The van der Waals surface area contributed by atoms with Gasteiger partial charge in [0.15, 0.2) is 10.5 Å². The normalized spacial score (nSPS) is 10.3. The van der Waals surface area contributed by atoms with Crippen LogP contribution in [0.15, 0.2) is 18.5 Å². The van der Waals surface area contributed by atoms with Gasteiger partial charge in [0, 0.05) is 12.3 Å². The molecule has 0 aromatic carbocycles. The Balaban J connectivity index is 2.68. The molecule has 0 aliphatic heterocycles. The molecule has 0 unspecified atom stereocenters. The number of carboxylic acids is 1. The third kappa shape index (κ3) is 1.23. The van der Waals surface area contributed by atoms with Gasteiger partial charge >= 0.3 is 5.97 Å². The number of aromatic amines is 2. The second kappa shape index (κ2) is 3.11. The Morgan fingerprint density at radius 1 is 1.64 bits per heavy atom. The molecular formula is C7H6N4O2S. The van der Waals surface area contributed by atoms with Crippen molar-refractivity contribution in [3.05, 3.63) is 28.9 Å². The van der Waals surface area contributed by atoms with Crippen molar-refractivity contribution in [2.45, 2.75) is 0 Å². The fraction of sp³-hybridized carbons (Fsp3) is 0. The molecule has 0 amide bonds. The highest BCUT2D eigenvalue weighted by molar-refractivity contribution is 7.71. The highest BCUT2D eigenvalue weighted by Crippen LogP contribution is 2.09. The van der Waals surface area contributed by atoms with Crippen LogP contribution in [0.25, 0.3) is 5.82 Å². The number of nitrogens with one attached hydrogen (secondary N) is 2. The number of H-pyrrole nitrogens is 2. The number of carbonyl (C=O) groups is 1. The number of rotatable bonds is 2. The molecule has 0 spiro atoms. The predicted octanol–water partition coefficient (Wildman–Crippen LogP) is 0.956. The maximum absolute atomic E-state index is 10.8. The van der Waals surface area contributed by atoms with E-state index >= 15 is 0 Å². The number of hydrogen-bond acceptors (Lipinski definition) is 3. The molecule has 2 heterocycles. The van der Waals surface area contributed by atoms with Crippen molar-refractivity contribution in [3.63, 3.8) is 0 Å². The minimum atomic E-state index is -1.05. The average Bonchev–Trinajstić information content (AvgIpc) is 2.71. The molecule has 0 saturated carbocycles. The molecule has 3 N–H and O–H groups in total. The second-order valence-corrected chi connectivity index (χ2v) is 2.95. The number of nitrogens with zero attached hydrogens (tertiary/aromatic N) is 2. The topological polar surface area (TPSA) is 86.7 Å². The van der Waals surface area contributed by atoms with Gasteiger partial charge in [0.25, 0.3) is 0 Å². The van der Waals surface area contributed by atoms with Crippen LogP contribution >= 0.6 is 12.2 Å². The number of imidazole rings is 1. The first kappa shape index (κ1) is 8.70. The van der Waals surface area contributed by atoms with Crippen LogP contribution in [0.1, 0.15) is 10.5 Å². The first-order valence-corrected chi connectivity index (χ1v) is 4.14. The van der Waals surface area contributed by atoms with Crippen molar-refractivity contribution in [3.8, 4) is 5.82 Å². The Kier molecular flexibility index (Phi) is 1.93. The van der Waals surface area contributed by atoms with Gasteiger partial charge < -0.3 is 10.1 Å². The summed E-state index contributed by atoms with van der Waals surface area (Å²) in [6.45, 7) is 0. The van der Waals surface area contributed by atoms with Crippen molar-refractivity contribution < 1.29 is 9.90 Å². The molecule has 6 nitrogen and oxygen atoms in total. The van der Waals surface area contributed by atoms with E-state index in [1.165, 1.54) is 17.0 Å². The van der Waals surface area contributed by atoms with Gasteiger partial charge in [-0.3, -0.25) is 9.67 Å². The SMILES string of the molecule is O=C(O)c1c[nH]c(=S)n1-c1ccn[nH]1. The fourth-order valence-corrected chi connectivity index (χ4v) is 1.39. The van der Waals surface area contributed by atoms with Gasteiger partial charge in [0.2, 0.25) is 0 Å². The third-order valence-electron chi connectivity index (χ3n) is 1.72. The lowest BCUT2D eigenvalue weighted by molar-refractivity contribution is 0.0688. The zero-order valence-corrected chi connectivity index (χ0v) is 7.71. The summed E-state index contributed by atoms with van der Waals surface area (Å²) in [7, 11) is 0. The van der Waals surface area contributed by atoms with Crippen molar-refractivity contribution in [1.29, 1.82) is 0 Å². The fourth-order valence-electron chi connectivity index (χ4n) is 1.14. The summed E-state index contributed by atoms with van der Waals surface area (Å²) in [6, 6.07) is 1.64. The Bertz CT molecular complexity index is 510. The lowest BCUT2D eigenvalue weighted by atomic mass is 10.4. The predicted molar refractivity (Wildman–Crippen MR) is 50.1 cm³/mol. The number of carboxylic acid groups (broad SMARTS) is 1. The van der Waals surface area contributed by atoms with E-state index in [9.17, 15) is 4.79 Å². The Hall–Kier alpha value is -1.89. The third-order valence-corrected chi connectivity index (χ3v) is 2.02. The van der Waals surface area contributed by atoms with Crippen LogP contribution < -0.4 is 0 Å². The van der Waals surface area contributed by atoms with E-state index in [4.69, 9.17) is 17.3 Å². The monoisotopic (exact) mass is 210 g/mol. The van der Waals surface area contributed by atoms with Crippen molar-refractivity contribution in [2.75, 3.05) is 0 Å². The molecule has 2 aromatic heterocycles. The van der Waals surface area contributed by atoms with Gasteiger partial charge in [-0.25, -0.2) is 4.79 Å². The van der Waals surface area contributed by atoms with Crippen molar-refractivity contribution in [1.82, 2.24) is 19.7 Å². The zero-order chi connectivity index (χ0) is 10.1. The number of aromatic nitrogens is 4. The van der Waals surface area contributed by atoms with Crippen LogP contribution in [0, 0.1) is 4.77 Å². The molecule has 14 heavy (non-hydrogen) atoms. The van der Waals surface area contributed by atoms with Gasteiger partial charge in [-0.1, -0.05) is 0 Å². The molecule has 0 atom stereocenters. The Morgan fingerprint density at radius 3 is 3.00 bits per heavy atom. The smallest absolute Gasteiger partial charge is 0.354 e. The first-order chi connectivity index (χ1) is 6.70. The summed E-state index contributed by atoms with van der Waals surface area (Å²) in [5, 5.41) is 15.2. The summed E-state index contributed by atoms with van der Waals surface area (Å²) in [5.74, 6) is -0.527. The van der Waals surface area contributed by atoms with Gasteiger partial charge in [-0.2, -0.15) is 5.10 Å². The molecule has 72 valence electrons. The van der Waals surface area contributed by atoms with E-state index < -0.39 is 5.97 Å². The van der Waals surface area contributed by atoms with E-state index in [1.807, 2.05) is 0 Å². The molecule has 7 heteroatoms. The summed E-state index contributed by atoms with van der Waals surface area (Å²) in [5.41, 5.74) is 0.0688. The minimum absolute atomic E-state index is 0.0688. The highest BCUT2D eigenvalue weighted by atomic mass is 32.1. The molecule has 0 aliphatic rings. The lowest BCUT2D eigenvalue weighted by Gasteiger charge is -1.99. The zero-order valence-electron chi connectivity index (χ0n) is 6.89. The summed E-state index contributed by atoms with van der Waals surface area (Å²) < 4.78 is 1.68. The van der Waals surface area contributed by atoms with Crippen LogP contribution in [0.5, 0.6) is 0 Å². The lowest BCUT2D eigenvalue weighted by Crippen LogP contribution is -2.06.